The number of carbonyl (C=O) groups is 2. The van der Waals surface area contributed by atoms with Gasteiger partial charge in [0, 0.05) is 18.3 Å². The third-order valence-electron chi connectivity index (χ3n) is 5.92. The van der Waals surface area contributed by atoms with E-state index in [4.69, 9.17) is 42.1 Å². The second-order valence-corrected chi connectivity index (χ2v) is 8.60. The second-order valence-electron chi connectivity index (χ2n) is 7.78. The Hall–Kier alpha value is -3.69. The van der Waals surface area contributed by atoms with Crippen molar-refractivity contribution in [1.29, 1.82) is 0 Å². The van der Waals surface area contributed by atoms with Gasteiger partial charge in [0.15, 0.2) is 5.54 Å². The highest BCUT2D eigenvalue weighted by molar-refractivity contribution is 6.33. The maximum absolute atomic E-state index is 14.0. The van der Waals surface area contributed by atoms with Gasteiger partial charge in [0.25, 0.3) is 5.91 Å². The smallest absolute Gasteiger partial charge is 0.257 e. The second kappa shape index (κ2) is 10.1. The molecule has 36 heavy (non-hydrogen) atoms. The molecule has 188 valence electrons. The molecule has 0 spiro atoms. The summed E-state index contributed by atoms with van der Waals surface area (Å²) in [5.74, 6) is 0.495. The van der Waals surface area contributed by atoms with Gasteiger partial charge in [-0.05, 0) is 24.3 Å². The Kier molecular flexibility index (Phi) is 7.14. The van der Waals surface area contributed by atoms with Gasteiger partial charge in [-0.15, -0.1) is 0 Å². The number of methoxy groups -OCH3 is 4. The molecule has 0 radical (unpaired) electrons. The molecule has 1 aliphatic heterocycles. The van der Waals surface area contributed by atoms with Gasteiger partial charge in [-0.3, -0.25) is 19.5 Å². The van der Waals surface area contributed by atoms with Crippen LogP contribution in [0.5, 0.6) is 23.0 Å². The van der Waals surface area contributed by atoms with Crippen LogP contribution in [0.25, 0.3) is 0 Å². The number of amides is 2. The average Bonchev–Trinajstić information content (AvgIpc) is 2.87. The number of rotatable bonds is 8. The number of ether oxygens (including phenoxy) is 4. The van der Waals surface area contributed by atoms with E-state index in [1.807, 2.05) is 0 Å². The Balaban J connectivity index is 1.86. The number of β-lactam (4-membered cyclic amide) rings is 1. The van der Waals surface area contributed by atoms with Crippen LogP contribution in [0.2, 0.25) is 10.0 Å². The SMILES string of the molecule is COc1cc(OC)c(NC(=O)C2(c3ccccn3)CC(=O)N2c2cc(Cl)c(OC)cc2OC)cc1Cl. The van der Waals surface area contributed by atoms with Gasteiger partial charge < -0.3 is 24.3 Å². The zero-order valence-corrected chi connectivity index (χ0v) is 21.4. The Morgan fingerprint density at radius 2 is 1.53 bits per heavy atom. The number of nitrogens with one attached hydrogen (secondary N) is 1. The molecule has 1 aromatic heterocycles. The molecule has 2 amide bonds. The lowest BCUT2D eigenvalue weighted by atomic mass is 9.78. The highest BCUT2D eigenvalue weighted by atomic mass is 35.5. The van der Waals surface area contributed by atoms with Crippen molar-refractivity contribution in [2.75, 3.05) is 38.7 Å². The Morgan fingerprint density at radius 1 is 0.917 bits per heavy atom. The first-order valence-corrected chi connectivity index (χ1v) is 11.4. The average molecular weight is 532 g/mol. The fourth-order valence-electron chi connectivity index (χ4n) is 4.15. The molecule has 4 rings (SSSR count). The molecular formula is C25H23Cl2N3O6. The molecule has 1 unspecified atom stereocenters. The maximum Gasteiger partial charge on any atom is 0.257 e. The molecule has 0 bridgehead atoms. The van der Waals surface area contributed by atoms with E-state index in [-0.39, 0.29) is 22.4 Å². The Labute approximate surface area is 217 Å². The molecule has 1 N–H and O–H groups in total. The van der Waals surface area contributed by atoms with Crippen molar-refractivity contribution in [3.8, 4) is 23.0 Å². The van der Waals surface area contributed by atoms with Crippen molar-refractivity contribution in [2.24, 2.45) is 0 Å². The minimum Gasteiger partial charge on any atom is -0.495 e. The highest BCUT2D eigenvalue weighted by Gasteiger charge is 2.60. The molecule has 2 aromatic carbocycles. The van der Waals surface area contributed by atoms with E-state index in [2.05, 4.69) is 10.3 Å². The molecule has 9 nitrogen and oxygen atoms in total. The first-order chi connectivity index (χ1) is 17.3. The van der Waals surface area contributed by atoms with Crippen LogP contribution in [0.1, 0.15) is 12.1 Å². The molecule has 1 aliphatic rings. The third kappa shape index (κ3) is 4.14. The van der Waals surface area contributed by atoms with Crippen molar-refractivity contribution in [3.63, 3.8) is 0 Å². The van der Waals surface area contributed by atoms with Gasteiger partial charge in [0.2, 0.25) is 5.91 Å². The lowest BCUT2D eigenvalue weighted by molar-refractivity contribution is -0.137. The quantitative estimate of drug-likeness (QED) is 0.420. The summed E-state index contributed by atoms with van der Waals surface area (Å²) in [5.41, 5.74) is -0.571. The molecule has 1 fully saturated rings. The molecule has 0 aliphatic carbocycles. The fourth-order valence-corrected chi connectivity index (χ4v) is 4.63. The minimum absolute atomic E-state index is 0.144. The summed E-state index contributed by atoms with van der Waals surface area (Å²) in [6, 6.07) is 11.3. The summed E-state index contributed by atoms with van der Waals surface area (Å²) >= 11 is 12.7. The number of aromatic nitrogens is 1. The Morgan fingerprint density at radius 3 is 2.08 bits per heavy atom. The predicted molar refractivity (Wildman–Crippen MR) is 136 cm³/mol. The van der Waals surface area contributed by atoms with Gasteiger partial charge in [0.05, 0.1) is 62.0 Å². The Bertz CT molecular complexity index is 1320. The number of hydrogen-bond donors (Lipinski definition) is 1. The van der Waals surface area contributed by atoms with E-state index in [0.29, 0.717) is 40.1 Å². The van der Waals surface area contributed by atoms with Gasteiger partial charge >= 0.3 is 0 Å². The van der Waals surface area contributed by atoms with Crippen LogP contribution in [0.15, 0.2) is 48.7 Å². The van der Waals surface area contributed by atoms with Crippen molar-refractivity contribution < 1.29 is 28.5 Å². The van der Waals surface area contributed by atoms with Crippen molar-refractivity contribution >= 4 is 46.4 Å². The highest BCUT2D eigenvalue weighted by Crippen LogP contribution is 2.50. The van der Waals surface area contributed by atoms with E-state index in [9.17, 15) is 9.59 Å². The van der Waals surface area contributed by atoms with E-state index >= 15 is 0 Å². The van der Waals surface area contributed by atoms with Gasteiger partial charge in [-0.2, -0.15) is 0 Å². The normalized spacial score (nSPS) is 16.7. The van der Waals surface area contributed by atoms with Crippen molar-refractivity contribution in [2.45, 2.75) is 12.0 Å². The number of hydrogen-bond acceptors (Lipinski definition) is 7. The van der Waals surface area contributed by atoms with Crippen LogP contribution >= 0.6 is 23.2 Å². The number of nitrogens with zero attached hydrogens (tertiary/aromatic N) is 2. The van der Waals surface area contributed by atoms with Crippen LogP contribution in [-0.4, -0.2) is 45.2 Å². The van der Waals surface area contributed by atoms with Crippen LogP contribution in [-0.2, 0) is 15.1 Å². The zero-order valence-electron chi connectivity index (χ0n) is 19.9. The number of anilines is 2. The molecule has 3 aromatic rings. The van der Waals surface area contributed by atoms with Crippen LogP contribution < -0.4 is 29.2 Å². The maximum atomic E-state index is 14.0. The van der Waals surface area contributed by atoms with Gasteiger partial charge in [-0.25, -0.2) is 0 Å². The standard InChI is InChI=1S/C25H23Cl2N3O6/c1-33-18-11-20(35-3)16(9-14(18)26)29-24(32)25(22-7-5-6-8-28-22)13-23(31)30(25)17-10-15(27)19(34-2)12-21(17)36-4/h5-12H,13H2,1-4H3,(H,29,32). The van der Waals surface area contributed by atoms with E-state index < -0.39 is 11.4 Å². The summed E-state index contributed by atoms with van der Waals surface area (Å²) in [5, 5.41) is 3.37. The number of pyridine rings is 1. The topological polar surface area (TPSA) is 99.2 Å². The molecule has 0 saturated carbocycles. The predicted octanol–water partition coefficient (Wildman–Crippen LogP) is 4.69. The number of carbonyl (C=O) groups excluding carboxylic acids is 2. The first kappa shape index (κ1) is 25.4. The summed E-state index contributed by atoms with van der Waals surface area (Å²) < 4.78 is 21.5. The largest absolute Gasteiger partial charge is 0.495 e. The lowest BCUT2D eigenvalue weighted by Crippen LogP contribution is -2.67. The van der Waals surface area contributed by atoms with E-state index in [1.165, 1.54) is 45.5 Å². The summed E-state index contributed by atoms with van der Waals surface area (Å²) in [4.78, 5) is 32.9. The zero-order chi connectivity index (χ0) is 26.0. The van der Waals surface area contributed by atoms with Crippen LogP contribution in [0, 0.1) is 0 Å². The van der Waals surface area contributed by atoms with Crippen LogP contribution in [0.4, 0.5) is 11.4 Å². The minimum atomic E-state index is -1.51. The molecule has 1 atom stereocenters. The van der Waals surface area contributed by atoms with Gasteiger partial charge in [0.1, 0.15) is 23.0 Å². The van der Waals surface area contributed by atoms with Crippen molar-refractivity contribution in [1.82, 2.24) is 4.98 Å². The summed E-state index contributed by atoms with van der Waals surface area (Å²) in [6.45, 7) is 0. The molecular weight excluding hydrogens is 509 g/mol. The lowest BCUT2D eigenvalue weighted by Gasteiger charge is -2.50. The molecule has 1 saturated heterocycles. The van der Waals surface area contributed by atoms with Crippen molar-refractivity contribution in [3.05, 3.63) is 64.4 Å². The van der Waals surface area contributed by atoms with Gasteiger partial charge in [-0.1, -0.05) is 29.3 Å². The first-order valence-electron chi connectivity index (χ1n) is 10.7. The third-order valence-corrected chi connectivity index (χ3v) is 6.51. The van der Waals surface area contributed by atoms with Crippen LogP contribution in [0.3, 0.4) is 0 Å². The molecule has 2 heterocycles. The fraction of sp³-hybridized carbons (Fsp3) is 0.240. The van der Waals surface area contributed by atoms with E-state index in [0.717, 1.165) is 0 Å². The summed E-state index contributed by atoms with van der Waals surface area (Å²) in [7, 11) is 5.84. The molecule has 11 heteroatoms. The summed E-state index contributed by atoms with van der Waals surface area (Å²) in [6.07, 6.45) is 1.41. The monoisotopic (exact) mass is 531 g/mol. The van der Waals surface area contributed by atoms with E-state index in [1.54, 1.807) is 36.5 Å². The number of benzene rings is 2. The number of halogens is 2.